The van der Waals surface area contributed by atoms with Gasteiger partial charge < -0.3 is 15.4 Å². The van der Waals surface area contributed by atoms with E-state index in [1.165, 1.54) is 4.88 Å². The summed E-state index contributed by atoms with van der Waals surface area (Å²) < 4.78 is 5.82. The topological polar surface area (TPSA) is 58.5 Å². The van der Waals surface area contributed by atoms with Crippen molar-refractivity contribution >= 4 is 28.9 Å². The second-order valence-corrected chi connectivity index (χ2v) is 6.43. The van der Waals surface area contributed by atoms with E-state index in [1.807, 2.05) is 43.6 Å². The summed E-state index contributed by atoms with van der Waals surface area (Å²) in [5, 5.41) is 7.23. The maximum absolute atomic E-state index is 5.86. The minimum atomic E-state index is -0.000124. The van der Waals surface area contributed by atoms with Gasteiger partial charge in [-0.3, -0.25) is 4.99 Å². The Balaban J connectivity index is 1.76. The van der Waals surface area contributed by atoms with Crippen LogP contribution >= 0.6 is 22.9 Å². The van der Waals surface area contributed by atoms with E-state index in [1.54, 1.807) is 18.4 Å². The van der Waals surface area contributed by atoms with Gasteiger partial charge in [-0.1, -0.05) is 11.6 Å². The van der Waals surface area contributed by atoms with Crippen LogP contribution in [0.4, 0.5) is 0 Å². The molecule has 0 aliphatic rings. The lowest BCUT2D eigenvalue weighted by atomic mass is 10.3. The third kappa shape index (κ3) is 5.73. The molecule has 2 rings (SSSR count). The number of halogens is 1. The number of ether oxygens (including phenoxy) is 1. The van der Waals surface area contributed by atoms with Crippen LogP contribution < -0.4 is 15.4 Å². The van der Waals surface area contributed by atoms with Crippen molar-refractivity contribution in [2.75, 3.05) is 13.6 Å². The van der Waals surface area contributed by atoms with Gasteiger partial charge in [-0.2, -0.15) is 0 Å². The normalized spacial score (nSPS) is 12.8. The minimum absolute atomic E-state index is 0.000124. The average Bonchev–Trinajstić information content (AvgIpc) is 2.95. The van der Waals surface area contributed by atoms with Gasteiger partial charge in [0.2, 0.25) is 0 Å². The Morgan fingerprint density at radius 1 is 1.35 bits per heavy atom. The Labute approximate surface area is 145 Å². The van der Waals surface area contributed by atoms with E-state index in [4.69, 9.17) is 16.3 Å². The van der Waals surface area contributed by atoms with E-state index in [-0.39, 0.29) is 6.10 Å². The molecule has 0 amide bonds. The van der Waals surface area contributed by atoms with Crippen molar-refractivity contribution in [1.82, 2.24) is 15.6 Å². The highest BCUT2D eigenvalue weighted by molar-refractivity contribution is 7.09. The van der Waals surface area contributed by atoms with Crippen LogP contribution in [0.5, 0.6) is 5.75 Å². The molecule has 2 N–H and O–H groups in total. The predicted octanol–water partition coefficient (Wildman–Crippen LogP) is 3.24. The lowest BCUT2D eigenvalue weighted by Gasteiger charge is -2.17. The lowest BCUT2D eigenvalue weighted by Crippen LogP contribution is -2.41. The number of thiazole rings is 1. The van der Waals surface area contributed by atoms with Crippen LogP contribution in [-0.2, 0) is 6.54 Å². The van der Waals surface area contributed by atoms with E-state index in [9.17, 15) is 0 Å². The van der Waals surface area contributed by atoms with Crippen molar-refractivity contribution in [2.45, 2.75) is 26.5 Å². The molecule has 7 heteroatoms. The van der Waals surface area contributed by atoms with Crippen LogP contribution in [0, 0.1) is 6.92 Å². The monoisotopic (exact) mass is 352 g/mol. The molecule has 2 aromatic rings. The Bertz CT molecular complexity index is 642. The largest absolute Gasteiger partial charge is 0.489 e. The molecule has 0 spiro atoms. The van der Waals surface area contributed by atoms with Gasteiger partial charge in [-0.15, -0.1) is 11.3 Å². The van der Waals surface area contributed by atoms with Crippen LogP contribution in [-0.4, -0.2) is 30.6 Å². The molecule has 0 bridgehead atoms. The third-order valence-electron chi connectivity index (χ3n) is 3.19. The molecule has 124 valence electrons. The van der Waals surface area contributed by atoms with Crippen molar-refractivity contribution in [3.8, 4) is 5.75 Å². The van der Waals surface area contributed by atoms with Gasteiger partial charge in [-0.25, -0.2) is 4.98 Å². The smallest absolute Gasteiger partial charge is 0.191 e. The zero-order valence-electron chi connectivity index (χ0n) is 13.5. The molecule has 5 nitrogen and oxygen atoms in total. The van der Waals surface area contributed by atoms with Gasteiger partial charge >= 0.3 is 0 Å². The molecule has 1 unspecified atom stereocenters. The van der Waals surface area contributed by atoms with Crippen molar-refractivity contribution in [1.29, 1.82) is 0 Å². The summed E-state index contributed by atoms with van der Waals surface area (Å²) in [4.78, 5) is 9.66. The number of nitrogens with zero attached hydrogens (tertiary/aromatic N) is 2. The highest BCUT2D eigenvalue weighted by Gasteiger charge is 2.07. The van der Waals surface area contributed by atoms with E-state index in [0.29, 0.717) is 18.1 Å². The highest BCUT2D eigenvalue weighted by atomic mass is 35.5. The van der Waals surface area contributed by atoms with Gasteiger partial charge in [0.15, 0.2) is 5.96 Å². The molecule has 0 aliphatic carbocycles. The summed E-state index contributed by atoms with van der Waals surface area (Å²) >= 11 is 7.50. The van der Waals surface area contributed by atoms with Gasteiger partial charge in [-0.05, 0) is 38.1 Å². The molecule has 0 radical (unpaired) electrons. The molecule has 0 fully saturated rings. The fourth-order valence-corrected chi connectivity index (χ4v) is 2.75. The van der Waals surface area contributed by atoms with E-state index >= 15 is 0 Å². The van der Waals surface area contributed by atoms with E-state index in [2.05, 4.69) is 20.6 Å². The van der Waals surface area contributed by atoms with Crippen molar-refractivity contribution in [2.24, 2.45) is 4.99 Å². The Kier molecular flexibility index (Phi) is 6.67. The first kappa shape index (κ1) is 17.6. The van der Waals surface area contributed by atoms with Gasteiger partial charge in [0, 0.05) is 16.9 Å². The summed E-state index contributed by atoms with van der Waals surface area (Å²) in [5.74, 6) is 1.54. The molecule has 0 aliphatic heterocycles. The quantitative estimate of drug-likeness (QED) is 0.619. The number of guanidine groups is 1. The van der Waals surface area contributed by atoms with E-state index < -0.39 is 0 Å². The van der Waals surface area contributed by atoms with Crippen LogP contribution in [0.15, 0.2) is 34.8 Å². The standard InChI is InChI=1S/C16H21ClN4OS/c1-11(22-14-6-4-13(17)5-7-14)8-19-16(18-3)20-9-15-12(2)21-10-23-15/h4-7,10-11H,8-9H2,1-3H3,(H2,18,19,20). The Hall–Kier alpha value is -1.79. The number of hydrogen-bond donors (Lipinski definition) is 2. The first-order chi connectivity index (χ1) is 11.1. The molecule has 1 aromatic carbocycles. The average molecular weight is 353 g/mol. The fraction of sp³-hybridized carbons (Fsp3) is 0.375. The number of aliphatic imine (C=N–C) groups is 1. The number of aromatic nitrogens is 1. The maximum Gasteiger partial charge on any atom is 0.191 e. The first-order valence-electron chi connectivity index (χ1n) is 7.34. The minimum Gasteiger partial charge on any atom is -0.489 e. The third-order valence-corrected chi connectivity index (χ3v) is 4.38. The second-order valence-electron chi connectivity index (χ2n) is 5.05. The van der Waals surface area contributed by atoms with Crippen molar-refractivity contribution in [3.63, 3.8) is 0 Å². The molecule has 0 saturated heterocycles. The number of hydrogen-bond acceptors (Lipinski definition) is 4. The molecule has 23 heavy (non-hydrogen) atoms. The van der Waals surface area contributed by atoms with Gasteiger partial charge in [0.25, 0.3) is 0 Å². The van der Waals surface area contributed by atoms with Crippen molar-refractivity contribution < 1.29 is 4.74 Å². The number of benzene rings is 1. The maximum atomic E-state index is 5.86. The Morgan fingerprint density at radius 3 is 2.70 bits per heavy atom. The van der Waals surface area contributed by atoms with Gasteiger partial charge in [0.05, 0.1) is 24.3 Å². The van der Waals surface area contributed by atoms with Crippen LogP contribution in [0.3, 0.4) is 0 Å². The Morgan fingerprint density at radius 2 is 2.09 bits per heavy atom. The second kappa shape index (κ2) is 8.74. The predicted molar refractivity (Wildman–Crippen MR) is 96.6 cm³/mol. The van der Waals surface area contributed by atoms with E-state index in [0.717, 1.165) is 17.4 Å². The number of rotatable bonds is 6. The summed E-state index contributed by atoms with van der Waals surface area (Å²) in [6.07, 6.45) is -0.000124. The molecular weight excluding hydrogens is 332 g/mol. The summed E-state index contributed by atoms with van der Waals surface area (Å²) in [6.45, 7) is 5.36. The number of nitrogens with one attached hydrogen (secondary N) is 2. The summed E-state index contributed by atoms with van der Waals surface area (Å²) in [6, 6.07) is 7.35. The zero-order valence-corrected chi connectivity index (χ0v) is 15.0. The molecule has 1 atom stereocenters. The SMILES string of the molecule is CN=C(NCc1scnc1C)NCC(C)Oc1ccc(Cl)cc1. The number of aryl methyl sites for hydroxylation is 1. The molecule has 1 aromatic heterocycles. The summed E-state index contributed by atoms with van der Waals surface area (Å²) in [7, 11) is 1.75. The van der Waals surface area contributed by atoms with Crippen LogP contribution in [0.1, 0.15) is 17.5 Å². The fourth-order valence-electron chi connectivity index (χ4n) is 1.91. The zero-order chi connectivity index (χ0) is 16.7. The lowest BCUT2D eigenvalue weighted by molar-refractivity contribution is 0.224. The van der Waals surface area contributed by atoms with Gasteiger partial charge in [0.1, 0.15) is 11.9 Å². The molecule has 0 saturated carbocycles. The molecular formula is C16H21ClN4OS. The molecule has 1 heterocycles. The summed E-state index contributed by atoms with van der Waals surface area (Å²) in [5.41, 5.74) is 2.90. The van der Waals surface area contributed by atoms with Crippen LogP contribution in [0.2, 0.25) is 5.02 Å². The van der Waals surface area contributed by atoms with Crippen LogP contribution in [0.25, 0.3) is 0 Å². The van der Waals surface area contributed by atoms with Crippen molar-refractivity contribution in [3.05, 3.63) is 45.4 Å². The first-order valence-corrected chi connectivity index (χ1v) is 8.60. The highest BCUT2D eigenvalue weighted by Crippen LogP contribution is 2.16.